The molecule has 1 aliphatic heterocycles. The molecule has 1 aromatic heterocycles. The quantitative estimate of drug-likeness (QED) is 0.732. The van der Waals surface area contributed by atoms with E-state index < -0.39 is 0 Å². The van der Waals surface area contributed by atoms with Crippen molar-refractivity contribution in [3.63, 3.8) is 0 Å². The topological polar surface area (TPSA) is 67.2 Å². The number of hydrogen-bond acceptors (Lipinski definition) is 2. The number of halogens is 1. The minimum absolute atomic E-state index is 0.259. The Morgan fingerprint density at radius 1 is 1.08 bits per heavy atom. The Bertz CT molecular complexity index is 1160. The fourth-order valence-corrected chi connectivity index (χ4v) is 3.29. The molecule has 1 aliphatic rings. The highest BCUT2D eigenvalue weighted by atomic mass is 79.9. The van der Waals surface area contributed by atoms with Crippen LogP contribution in [0.2, 0.25) is 0 Å². The van der Waals surface area contributed by atoms with Crippen molar-refractivity contribution < 1.29 is 4.79 Å². The number of carbonyl (C=O) groups excluding carboxylic acids is 1. The number of H-pyrrole nitrogens is 1. The number of aromatic nitrogens is 2. The van der Waals surface area contributed by atoms with E-state index in [4.69, 9.17) is 0 Å². The first-order valence-corrected chi connectivity index (χ1v) is 8.16. The van der Waals surface area contributed by atoms with Crippen molar-refractivity contribution in [1.29, 1.82) is 0 Å². The summed E-state index contributed by atoms with van der Waals surface area (Å²) in [6.45, 7) is 1.78. The van der Waals surface area contributed by atoms with Gasteiger partial charge in [0.05, 0.1) is 22.2 Å². The summed E-state index contributed by atoms with van der Waals surface area (Å²) in [5.41, 5.74) is 1.80. The number of rotatable bonds is 2. The van der Waals surface area contributed by atoms with Gasteiger partial charge in [-0.3, -0.25) is 14.7 Å². The van der Waals surface area contributed by atoms with E-state index in [0.717, 1.165) is 4.47 Å². The Kier molecular flexibility index (Phi) is 3.35. The average Bonchev–Trinajstić information content (AvgIpc) is 3.04. The summed E-state index contributed by atoms with van der Waals surface area (Å²) in [4.78, 5) is 29.4. The molecule has 0 aliphatic carbocycles. The first kappa shape index (κ1) is 14.8. The Morgan fingerprint density at radius 3 is 2.58 bits per heavy atom. The third-order valence-electron chi connectivity index (χ3n) is 4.00. The van der Waals surface area contributed by atoms with Gasteiger partial charge < -0.3 is 0 Å². The van der Waals surface area contributed by atoms with Crippen LogP contribution in [0.15, 0.2) is 62.8 Å². The minimum atomic E-state index is -0.387. The van der Waals surface area contributed by atoms with Crippen LogP contribution in [0, 0.1) is 6.92 Å². The summed E-state index contributed by atoms with van der Waals surface area (Å²) >= 11 is 3.41. The van der Waals surface area contributed by atoms with Gasteiger partial charge in [0.25, 0.3) is 11.5 Å². The van der Waals surface area contributed by atoms with Crippen LogP contribution in [-0.4, -0.2) is 15.7 Å². The second-order valence-electron chi connectivity index (χ2n) is 5.54. The summed E-state index contributed by atoms with van der Waals surface area (Å²) in [6.07, 6.45) is 0. The van der Waals surface area contributed by atoms with E-state index in [1.54, 1.807) is 13.0 Å². The molecule has 1 N–H and O–H groups in total. The summed E-state index contributed by atoms with van der Waals surface area (Å²) < 4.78 is 2.28. The van der Waals surface area contributed by atoms with Crippen molar-refractivity contribution in [2.24, 2.45) is 4.99 Å². The maximum absolute atomic E-state index is 12.9. The Labute approximate surface area is 145 Å². The molecule has 0 bridgehead atoms. The van der Waals surface area contributed by atoms with Gasteiger partial charge in [0, 0.05) is 15.4 Å². The normalized spacial score (nSPS) is 13.1. The molecule has 118 valence electrons. The predicted octanol–water partition coefficient (Wildman–Crippen LogP) is 1.60. The van der Waals surface area contributed by atoms with E-state index in [1.807, 2.05) is 42.5 Å². The SMILES string of the molecule is Cc1[nH]n(-c2ccccc2)c(=O)c1C1=c2cc(Br)ccc2=NC1=O. The predicted molar refractivity (Wildman–Crippen MR) is 93.6 cm³/mol. The number of benzene rings is 2. The number of aryl methyl sites for hydroxylation is 1. The molecule has 24 heavy (non-hydrogen) atoms. The number of fused-ring (bicyclic) bond motifs is 1. The maximum Gasteiger partial charge on any atom is 0.279 e. The lowest BCUT2D eigenvalue weighted by Crippen LogP contribution is -2.26. The fourth-order valence-electron chi connectivity index (χ4n) is 2.93. The zero-order valence-corrected chi connectivity index (χ0v) is 14.3. The number of amides is 1. The second-order valence-corrected chi connectivity index (χ2v) is 6.46. The molecule has 0 fully saturated rings. The van der Waals surface area contributed by atoms with Crippen LogP contribution in [0.5, 0.6) is 0 Å². The van der Waals surface area contributed by atoms with Crippen LogP contribution in [0.25, 0.3) is 11.3 Å². The van der Waals surface area contributed by atoms with Gasteiger partial charge >= 0.3 is 0 Å². The second kappa shape index (κ2) is 5.42. The largest absolute Gasteiger partial charge is 0.295 e. The zero-order chi connectivity index (χ0) is 16.8. The molecule has 6 heteroatoms. The molecule has 1 amide bonds. The molecule has 0 atom stereocenters. The summed E-state index contributed by atoms with van der Waals surface area (Å²) in [7, 11) is 0. The molecule has 0 saturated carbocycles. The van der Waals surface area contributed by atoms with E-state index in [2.05, 4.69) is 26.0 Å². The minimum Gasteiger partial charge on any atom is -0.295 e. The number of para-hydroxylation sites is 1. The van der Waals surface area contributed by atoms with Gasteiger partial charge in [0.15, 0.2) is 0 Å². The average molecular weight is 382 g/mol. The fraction of sp³-hybridized carbons (Fsp3) is 0.0556. The maximum atomic E-state index is 12.9. The highest BCUT2D eigenvalue weighted by Gasteiger charge is 2.25. The van der Waals surface area contributed by atoms with E-state index in [0.29, 0.717) is 33.1 Å². The smallest absolute Gasteiger partial charge is 0.279 e. The van der Waals surface area contributed by atoms with Crippen molar-refractivity contribution in [1.82, 2.24) is 9.78 Å². The van der Waals surface area contributed by atoms with Gasteiger partial charge in [-0.15, -0.1) is 0 Å². The number of nitrogens with one attached hydrogen (secondary N) is 1. The van der Waals surface area contributed by atoms with Crippen molar-refractivity contribution in [2.75, 3.05) is 0 Å². The third-order valence-corrected chi connectivity index (χ3v) is 4.49. The molecule has 2 aromatic carbocycles. The van der Waals surface area contributed by atoms with Gasteiger partial charge in [0.1, 0.15) is 0 Å². The van der Waals surface area contributed by atoms with Crippen molar-refractivity contribution in [2.45, 2.75) is 6.92 Å². The third kappa shape index (κ3) is 2.18. The number of aromatic amines is 1. The van der Waals surface area contributed by atoms with Crippen molar-refractivity contribution in [3.8, 4) is 5.69 Å². The molecule has 0 unspecified atom stereocenters. The number of nitrogens with zero attached hydrogens (tertiary/aromatic N) is 2. The summed E-state index contributed by atoms with van der Waals surface area (Å²) in [6, 6.07) is 14.7. The molecule has 0 saturated heterocycles. The monoisotopic (exact) mass is 381 g/mol. The van der Waals surface area contributed by atoms with E-state index in [1.165, 1.54) is 4.68 Å². The molecular formula is C18H12BrN3O2. The number of hydrogen-bond donors (Lipinski definition) is 1. The standard InChI is InChI=1S/C18H12BrN3O2/c1-10-15(18(24)22(21-10)12-5-3-2-4-6-12)16-13-9-11(19)7-8-14(13)20-17(16)23/h2-9,21H,1H3. The molecule has 5 nitrogen and oxygen atoms in total. The molecular weight excluding hydrogens is 370 g/mol. The first-order valence-electron chi connectivity index (χ1n) is 7.36. The van der Waals surface area contributed by atoms with Crippen LogP contribution in [0.3, 0.4) is 0 Å². The van der Waals surface area contributed by atoms with Crippen LogP contribution in [-0.2, 0) is 4.79 Å². The van der Waals surface area contributed by atoms with Gasteiger partial charge in [-0.2, -0.15) is 0 Å². The van der Waals surface area contributed by atoms with Crippen LogP contribution < -0.4 is 16.1 Å². The lowest BCUT2D eigenvalue weighted by molar-refractivity contribution is -0.112. The van der Waals surface area contributed by atoms with Gasteiger partial charge in [-0.05, 0) is 37.3 Å². The lowest BCUT2D eigenvalue weighted by atomic mass is 10.0. The summed E-state index contributed by atoms with van der Waals surface area (Å²) in [5, 5.41) is 4.31. The van der Waals surface area contributed by atoms with E-state index in [9.17, 15) is 9.59 Å². The van der Waals surface area contributed by atoms with Crippen molar-refractivity contribution in [3.05, 3.63) is 85.2 Å². The van der Waals surface area contributed by atoms with Gasteiger partial charge in [0.2, 0.25) is 0 Å². The Morgan fingerprint density at radius 2 is 1.83 bits per heavy atom. The molecule has 0 spiro atoms. The van der Waals surface area contributed by atoms with Gasteiger partial charge in [-0.1, -0.05) is 34.1 Å². The lowest BCUT2D eigenvalue weighted by Gasteiger charge is -1.99. The Hall–Kier alpha value is -2.73. The highest BCUT2D eigenvalue weighted by Crippen LogP contribution is 2.17. The zero-order valence-electron chi connectivity index (χ0n) is 12.7. The van der Waals surface area contributed by atoms with Crippen molar-refractivity contribution >= 4 is 27.4 Å². The Balaban J connectivity index is 2.05. The highest BCUT2D eigenvalue weighted by molar-refractivity contribution is 9.10. The van der Waals surface area contributed by atoms with Crippen LogP contribution >= 0.6 is 15.9 Å². The molecule has 3 aromatic rings. The molecule has 0 radical (unpaired) electrons. The summed E-state index contributed by atoms with van der Waals surface area (Å²) in [5.74, 6) is -0.387. The number of carbonyl (C=O) groups is 1. The first-order chi connectivity index (χ1) is 11.6. The van der Waals surface area contributed by atoms with E-state index >= 15 is 0 Å². The van der Waals surface area contributed by atoms with Crippen LogP contribution in [0.4, 0.5) is 0 Å². The molecule has 4 rings (SSSR count). The van der Waals surface area contributed by atoms with E-state index in [-0.39, 0.29) is 11.5 Å². The van der Waals surface area contributed by atoms with Gasteiger partial charge in [-0.25, -0.2) is 9.67 Å². The molecule has 2 heterocycles. The van der Waals surface area contributed by atoms with Crippen LogP contribution in [0.1, 0.15) is 11.3 Å².